The molecule has 1 amide bonds. The molecule has 0 spiro atoms. The first-order valence-corrected chi connectivity index (χ1v) is 13.2. The fourth-order valence-electron chi connectivity index (χ4n) is 3.64. The summed E-state index contributed by atoms with van der Waals surface area (Å²) in [7, 11) is -4.07. The van der Waals surface area contributed by atoms with E-state index in [0.717, 1.165) is 15.4 Å². The lowest BCUT2D eigenvalue weighted by Crippen LogP contribution is -2.42. The van der Waals surface area contributed by atoms with Crippen molar-refractivity contribution < 1.29 is 13.2 Å². The molecule has 3 aromatic carbocycles. The number of benzene rings is 3. The highest BCUT2D eigenvalue weighted by Crippen LogP contribution is 2.30. The number of carbonyl (C=O) groups excluding carboxylic acids is 1. The van der Waals surface area contributed by atoms with Crippen LogP contribution in [0.25, 0.3) is 0 Å². The molecule has 0 radical (unpaired) electrons. The monoisotopic (exact) mass is 518 g/mol. The Kier molecular flexibility index (Phi) is 8.63. The highest BCUT2D eigenvalue weighted by Gasteiger charge is 2.29. The van der Waals surface area contributed by atoms with Gasteiger partial charge in [0.05, 0.1) is 16.6 Å². The maximum Gasteiger partial charge on any atom is 0.264 e. The van der Waals surface area contributed by atoms with E-state index in [2.05, 4.69) is 19.2 Å². The minimum atomic E-state index is -4.07. The maximum atomic E-state index is 13.6. The Morgan fingerprint density at radius 3 is 2.09 bits per heavy atom. The third kappa shape index (κ3) is 6.75. The van der Waals surface area contributed by atoms with Gasteiger partial charge in [-0.1, -0.05) is 85.1 Å². The van der Waals surface area contributed by atoms with Crippen LogP contribution >= 0.6 is 23.2 Å². The van der Waals surface area contributed by atoms with E-state index in [1.165, 1.54) is 30.3 Å². The molecule has 0 unspecified atom stereocenters. The van der Waals surface area contributed by atoms with Crippen molar-refractivity contribution in [1.29, 1.82) is 0 Å². The summed E-state index contributed by atoms with van der Waals surface area (Å²) in [6.07, 6.45) is 0.712. The largest absolute Gasteiger partial charge is 0.348 e. The van der Waals surface area contributed by atoms with Crippen LogP contribution in [0.5, 0.6) is 0 Å². The number of hydrogen-bond acceptors (Lipinski definition) is 3. The fourth-order valence-corrected chi connectivity index (χ4v) is 5.56. The number of amides is 1. The van der Waals surface area contributed by atoms with Gasteiger partial charge in [-0.2, -0.15) is 0 Å². The van der Waals surface area contributed by atoms with E-state index in [1.54, 1.807) is 12.1 Å². The number of halogens is 2. The lowest BCUT2D eigenvalue weighted by Gasteiger charge is -2.27. The van der Waals surface area contributed by atoms with E-state index < -0.39 is 22.5 Å². The Balaban J connectivity index is 1.96. The van der Waals surface area contributed by atoms with Gasteiger partial charge in [0, 0.05) is 10.0 Å². The molecule has 180 valence electrons. The average molecular weight is 519 g/mol. The summed E-state index contributed by atoms with van der Waals surface area (Å²) < 4.78 is 28.2. The van der Waals surface area contributed by atoms with E-state index in [9.17, 15) is 13.2 Å². The van der Waals surface area contributed by atoms with Crippen LogP contribution in [0.2, 0.25) is 10.0 Å². The minimum Gasteiger partial charge on any atom is -0.348 e. The molecule has 0 aliphatic carbocycles. The molecule has 1 N–H and O–H groups in total. The van der Waals surface area contributed by atoms with Gasteiger partial charge in [0.25, 0.3) is 10.0 Å². The van der Waals surface area contributed by atoms with Crippen LogP contribution in [-0.4, -0.2) is 20.9 Å². The van der Waals surface area contributed by atoms with Crippen LogP contribution in [0, 0.1) is 12.8 Å². The zero-order chi connectivity index (χ0) is 24.9. The zero-order valence-electron chi connectivity index (χ0n) is 19.3. The van der Waals surface area contributed by atoms with Crippen molar-refractivity contribution >= 4 is 44.8 Å². The molecule has 3 rings (SSSR count). The Hall–Kier alpha value is -2.54. The van der Waals surface area contributed by atoms with Gasteiger partial charge in [0.15, 0.2) is 0 Å². The molecule has 0 saturated carbocycles. The van der Waals surface area contributed by atoms with Crippen molar-refractivity contribution in [3.05, 3.63) is 94.0 Å². The second-order valence-corrected chi connectivity index (χ2v) is 11.3. The van der Waals surface area contributed by atoms with Crippen molar-refractivity contribution in [2.24, 2.45) is 5.92 Å². The van der Waals surface area contributed by atoms with Gasteiger partial charge < -0.3 is 5.32 Å². The first-order chi connectivity index (χ1) is 16.1. The van der Waals surface area contributed by atoms with Gasteiger partial charge in [-0.05, 0) is 55.2 Å². The Labute approximate surface area is 211 Å². The molecule has 1 atom stereocenters. The first-order valence-electron chi connectivity index (χ1n) is 11.0. The lowest BCUT2D eigenvalue weighted by molar-refractivity contribution is -0.120. The van der Waals surface area contributed by atoms with Crippen LogP contribution < -0.4 is 9.62 Å². The highest BCUT2D eigenvalue weighted by atomic mass is 35.5. The molecule has 0 aromatic heterocycles. The molecule has 0 heterocycles. The van der Waals surface area contributed by atoms with E-state index in [0.29, 0.717) is 12.3 Å². The summed E-state index contributed by atoms with van der Waals surface area (Å²) >= 11 is 12.3. The topological polar surface area (TPSA) is 66.5 Å². The molecule has 8 heteroatoms. The van der Waals surface area contributed by atoms with Crippen molar-refractivity contribution in [2.45, 2.75) is 38.1 Å². The number of carbonyl (C=O) groups is 1. The van der Waals surface area contributed by atoms with Gasteiger partial charge in [-0.25, -0.2) is 8.42 Å². The zero-order valence-corrected chi connectivity index (χ0v) is 21.7. The minimum absolute atomic E-state index is 0.0730. The Morgan fingerprint density at radius 1 is 0.941 bits per heavy atom. The van der Waals surface area contributed by atoms with E-state index >= 15 is 0 Å². The van der Waals surface area contributed by atoms with Gasteiger partial charge in [-0.3, -0.25) is 9.10 Å². The lowest BCUT2D eigenvalue weighted by atomic mass is 9.97. The van der Waals surface area contributed by atoms with Crippen LogP contribution in [-0.2, 0) is 14.8 Å². The molecule has 0 fully saturated rings. The van der Waals surface area contributed by atoms with Crippen molar-refractivity contribution in [3.8, 4) is 0 Å². The average Bonchev–Trinajstić information content (AvgIpc) is 2.77. The number of aryl methyl sites for hydroxylation is 1. The van der Waals surface area contributed by atoms with Gasteiger partial charge >= 0.3 is 0 Å². The molecule has 3 aromatic rings. The molecule has 5 nitrogen and oxygen atoms in total. The molecule has 0 bridgehead atoms. The van der Waals surface area contributed by atoms with Gasteiger partial charge in [0.1, 0.15) is 6.54 Å². The molecular formula is C26H28Cl2N2O3S. The standard InChI is InChI=1S/C26H28Cl2N2O3S/c1-18(2)13-25(20-7-5-4-6-8-20)29-26(31)17-30(23-15-21(27)14-22(28)16-23)34(32,33)24-11-9-19(3)10-12-24/h4-12,14-16,18,25H,13,17H2,1-3H3,(H,29,31)/t25-/m0/s1. The third-order valence-corrected chi connectivity index (χ3v) is 7.50. The quantitative estimate of drug-likeness (QED) is 0.356. The van der Waals surface area contributed by atoms with Gasteiger partial charge in [-0.15, -0.1) is 0 Å². The fraction of sp³-hybridized carbons (Fsp3) is 0.269. The smallest absolute Gasteiger partial charge is 0.264 e. The third-order valence-electron chi connectivity index (χ3n) is 5.28. The van der Waals surface area contributed by atoms with Crippen LogP contribution in [0.1, 0.15) is 37.4 Å². The summed E-state index contributed by atoms with van der Waals surface area (Å²) in [5.74, 6) is -0.106. The predicted molar refractivity (Wildman–Crippen MR) is 139 cm³/mol. The number of anilines is 1. The normalized spacial score (nSPS) is 12.4. The second-order valence-electron chi connectivity index (χ2n) is 8.61. The van der Waals surface area contributed by atoms with Crippen molar-refractivity contribution in [1.82, 2.24) is 5.32 Å². The Bertz CT molecular complexity index is 1210. The van der Waals surface area contributed by atoms with Crippen LogP contribution in [0.3, 0.4) is 0 Å². The summed E-state index contributed by atoms with van der Waals surface area (Å²) in [5, 5.41) is 3.56. The van der Waals surface area contributed by atoms with Crippen molar-refractivity contribution in [2.75, 3.05) is 10.8 Å². The predicted octanol–water partition coefficient (Wildman–Crippen LogP) is 6.40. The van der Waals surface area contributed by atoms with Crippen LogP contribution in [0.15, 0.2) is 77.7 Å². The number of rotatable bonds is 9. The van der Waals surface area contributed by atoms with Crippen LogP contribution in [0.4, 0.5) is 5.69 Å². The molecule has 0 aliphatic rings. The summed E-state index contributed by atoms with van der Waals surface area (Å²) in [4.78, 5) is 13.3. The summed E-state index contributed by atoms with van der Waals surface area (Å²) in [5.41, 5.74) is 2.10. The van der Waals surface area contributed by atoms with E-state index in [-0.39, 0.29) is 26.7 Å². The molecule has 34 heavy (non-hydrogen) atoms. The van der Waals surface area contributed by atoms with E-state index in [1.807, 2.05) is 37.3 Å². The number of hydrogen-bond donors (Lipinski definition) is 1. The number of nitrogens with zero attached hydrogens (tertiary/aromatic N) is 1. The second kappa shape index (κ2) is 11.3. The number of nitrogens with one attached hydrogen (secondary N) is 1. The molecule has 0 saturated heterocycles. The van der Waals surface area contributed by atoms with Gasteiger partial charge in [0.2, 0.25) is 5.91 Å². The molecular weight excluding hydrogens is 491 g/mol. The molecule has 0 aliphatic heterocycles. The Morgan fingerprint density at radius 2 is 1.53 bits per heavy atom. The van der Waals surface area contributed by atoms with E-state index in [4.69, 9.17) is 23.2 Å². The van der Waals surface area contributed by atoms with Crippen molar-refractivity contribution in [3.63, 3.8) is 0 Å². The highest BCUT2D eigenvalue weighted by molar-refractivity contribution is 7.92. The number of sulfonamides is 1. The SMILES string of the molecule is Cc1ccc(S(=O)(=O)N(CC(=O)N[C@@H](CC(C)C)c2ccccc2)c2cc(Cl)cc(Cl)c2)cc1. The first kappa shape index (κ1) is 26.1. The maximum absolute atomic E-state index is 13.6. The summed E-state index contributed by atoms with van der Waals surface area (Å²) in [6.45, 7) is 5.60. The summed E-state index contributed by atoms with van der Waals surface area (Å²) in [6, 6.07) is 20.3.